The molecule has 168 valence electrons. The average molecular weight is 457 g/mol. The summed E-state index contributed by atoms with van der Waals surface area (Å²) in [4.78, 5) is 30.4. The van der Waals surface area contributed by atoms with Crippen LogP contribution in [0.2, 0.25) is 5.02 Å². The van der Waals surface area contributed by atoms with Gasteiger partial charge in [0.05, 0.1) is 22.1 Å². The highest BCUT2D eigenvalue weighted by atomic mass is 35.5. The molecule has 2 aromatic carbocycles. The first kappa shape index (κ1) is 23.3. The lowest BCUT2D eigenvalue weighted by atomic mass is 10.1. The number of rotatable bonds is 8. The molecule has 0 spiro atoms. The first-order valence-electron chi connectivity index (χ1n) is 10.2. The van der Waals surface area contributed by atoms with Crippen molar-refractivity contribution in [3.63, 3.8) is 0 Å². The predicted molar refractivity (Wildman–Crippen MR) is 123 cm³/mol. The van der Waals surface area contributed by atoms with Gasteiger partial charge in [0.2, 0.25) is 5.89 Å². The first-order valence-corrected chi connectivity index (χ1v) is 10.6. The zero-order valence-corrected chi connectivity index (χ0v) is 19.1. The summed E-state index contributed by atoms with van der Waals surface area (Å²) in [5.41, 5.74) is 0.930. The fourth-order valence-corrected chi connectivity index (χ4v) is 3.24. The molecule has 0 bridgehead atoms. The van der Waals surface area contributed by atoms with Crippen molar-refractivity contribution in [2.75, 3.05) is 18.6 Å². The van der Waals surface area contributed by atoms with Crippen LogP contribution in [0, 0.1) is 5.92 Å². The number of hydrogen-bond donors (Lipinski definition) is 1. The highest BCUT2D eigenvalue weighted by molar-refractivity contribution is 6.33. The number of carbonyl (C=O) groups is 2. The molecule has 3 aromatic rings. The molecule has 1 heterocycles. The van der Waals surface area contributed by atoms with E-state index >= 15 is 0 Å². The fourth-order valence-electron chi connectivity index (χ4n) is 3.02. The van der Waals surface area contributed by atoms with Crippen LogP contribution in [-0.4, -0.2) is 35.6 Å². The molecule has 0 radical (unpaired) electrons. The van der Waals surface area contributed by atoms with Gasteiger partial charge in [-0.3, -0.25) is 14.5 Å². The number of amides is 1. The molecule has 0 aliphatic rings. The molecule has 0 saturated carbocycles. The maximum atomic E-state index is 13.4. The molecule has 1 amide bonds. The fraction of sp³-hybridized carbons (Fsp3) is 0.292. The van der Waals surface area contributed by atoms with Gasteiger partial charge in [-0.05, 0) is 31.2 Å². The topological polar surface area (TPSA) is 92.9 Å². The number of aliphatic carboxylic acids is 1. The number of aromatic nitrogens is 1. The van der Waals surface area contributed by atoms with Crippen LogP contribution in [0.25, 0.3) is 11.5 Å². The van der Waals surface area contributed by atoms with Gasteiger partial charge < -0.3 is 14.3 Å². The zero-order chi connectivity index (χ0) is 23.4. The average Bonchev–Trinajstić information content (AvgIpc) is 3.22. The van der Waals surface area contributed by atoms with Crippen LogP contribution in [-0.2, 0) is 4.79 Å². The van der Waals surface area contributed by atoms with Gasteiger partial charge >= 0.3 is 5.97 Å². The molecule has 0 saturated heterocycles. The number of benzene rings is 2. The molecule has 1 N–H and O–H groups in total. The van der Waals surface area contributed by atoms with Gasteiger partial charge in [-0.1, -0.05) is 49.7 Å². The quantitative estimate of drug-likeness (QED) is 0.481. The normalized spacial score (nSPS) is 11.9. The van der Waals surface area contributed by atoms with Crippen molar-refractivity contribution in [1.82, 2.24) is 4.98 Å². The maximum Gasteiger partial charge on any atom is 0.309 e. The van der Waals surface area contributed by atoms with E-state index in [1.807, 2.05) is 26.0 Å². The van der Waals surface area contributed by atoms with E-state index in [1.165, 1.54) is 4.90 Å². The Morgan fingerprint density at radius 2 is 1.78 bits per heavy atom. The number of ether oxygens (including phenoxy) is 1. The standard InChI is InChI=1S/C24H25ClN2O5/c1-14(2)20-21(26-22(32-20)16-9-5-7-11-18(16)25)27(4)23(28)17-10-6-8-12-19(17)31-13-15(3)24(29)30/h5-12,14-15H,13H2,1-4H3,(H,29,30). The predicted octanol–water partition coefficient (Wildman–Crippen LogP) is 5.49. The molecule has 1 aromatic heterocycles. The second kappa shape index (κ2) is 9.87. The minimum Gasteiger partial charge on any atom is -0.492 e. The van der Waals surface area contributed by atoms with Gasteiger partial charge in [0, 0.05) is 13.0 Å². The van der Waals surface area contributed by atoms with Crippen molar-refractivity contribution < 1.29 is 23.8 Å². The minimum absolute atomic E-state index is 0.0353. The number of carboxylic acid groups (broad SMARTS) is 1. The van der Waals surface area contributed by atoms with Crippen LogP contribution in [0.3, 0.4) is 0 Å². The maximum absolute atomic E-state index is 13.4. The van der Waals surface area contributed by atoms with E-state index in [0.29, 0.717) is 39.4 Å². The Morgan fingerprint density at radius 1 is 1.12 bits per heavy atom. The monoisotopic (exact) mass is 456 g/mol. The van der Waals surface area contributed by atoms with Crippen LogP contribution in [0.4, 0.5) is 5.82 Å². The van der Waals surface area contributed by atoms with Crippen molar-refractivity contribution >= 4 is 29.3 Å². The number of halogens is 1. The lowest BCUT2D eigenvalue weighted by Gasteiger charge is -2.19. The summed E-state index contributed by atoms with van der Waals surface area (Å²) in [7, 11) is 1.61. The summed E-state index contributed by atoms with van der Waals surface area (Å²) in [6.45, 7) is 5.38. The summed E-state index contributed by atoms with van der Waals surface area (Å²) in [6.07, 6.45) is 0. The molecular weight excluding hydrogens is 432 g/mol. The van der Waals surface area contributed by atoms with Gasteiger partial charge in [0.25, 0.3) is 5.91 Å². The smallest absolute Gasteiger partial charge is 0.309 e. The second-order valence-electron chi connectivity index (χ2n) is 7.75. The Labute approximate surface area is 191 Å². The third kappa shape index (κ3) is 4.94. The molecule has 0 aliphatic heterocycles. The van der Waals surface area contributed by atoms with E-state index < -0.39 is 11.9 Å². The summed E-state index contributed by atoms with van der Waals surface area (Å²) in [5, 5.41) is 9.59. The number of carbonyl (C=O) groups excluding carboxylic acids is 1. The molecule has 0 aliphatic carbocycles. The summed E-state index contributed by atoms with van der Waals surface area (Å²) in [6, 6.07) is 13.9. The van der Waals surface area contributed by atoms with E-state index in [0.717, 1.165) is 0 Å². The van der Waals surface area contributed by atoms with Gasteiger partial charge in [-0.15, -0.1) is 0 Å². The SMILES string of the molecule is CC(COc1ccccc1C(=O)N(C)c1nc(-c2ccccc2Cl)oc1C(C)C)C(=O)O. The molecule has 0 fully saturated rings. The zero-order valence-electron chi connectivity index (χ0n) is 18.3. The Bertz CT molecular complexity index is 1130. The molecular formula is C24H25ClN2O5. The van der Waals surface area contributed by atoms with Crippen molar-refractivity contribution in [2.45, 2.75) is 26.7 Å². The van der Waals surface area contributed by atoms with Gasteiger partial charge in [-0.2, -0.15) is 4.98 Å². The number of carboxylic acids is 1. The minimum atomic E-state index is -0.970. The summed E-state index contributed by atoms with van der Waals surface area (Å²) in [5.74, 6) is -0.509. The van der Waals surface area contributed by atoms with Crippen LogP contribution >= 0.6 is 11.6 Å². The highest BCUT2D eigenvalue weighted by Crippen LogP contribution is 2.35. The molecule has 3 rings (SSSR count). The van der Waals surface area contributed by atoms with Gasteiger partial charge in [0.15, 0.2) is 11.6 Å². The Balaban J connectivity index is 1.94. The number of anilines is 1. The Morgan fingerprint density at radius 3 is 2.44 bits per heavy atom. The highest BCUT2D eigenvalue weighted by Gasteiger charge is 2.27. The van der Waals surface area contributed by atoms with E-state index in [4.69, 9.17) is 25.9 Å². The number of oxazole rings is 1. The molecule has 8 heteroatoms. The van der Waals surface area contributed by atoms with Crippen LogP contribution in [0.1, 0.15) is 42.8 Å². The largest absolute Gasteiger partial charge is 0.492 e. The lowest BCUT2D eigenvalue weighted by molar-refractivity contribution is -0.142. The number of nitrogens with zero attached hydrogens (tertiary/aromatic N) is 2. The third-order valence-corrected chi connectivity index (χ3v) is 5.24. The van der Waals surface area contributed by atoms with Gasteiger partial charge in [0.1, 0.15) is 12.4 Å². The van der Waals surface area contributed by atoms with E-state index in [-0.39, 0.29) is 18.4 Å². The van der Waals surface area contributed by atoms with Gasteiger partial charge in [-0.25, -0.2) is 0 Å². The molecule has 1 atom stereocenters. The molecule has 7 nitrogen and oxygen atoms in total. The van der Waals surface area contributed by atoms with Crippen molar-refractivity contribution in [3.8, 4) is 17.2 Å². The first-order chi connectivity index (χ1) is 15.2. The number of hydrogen-bond acceptors (Lipinski definition) is 5. The Kier molecular flexibility index (Phi) is 7.20. The van der Waals surface area contributed by atoms with Crippen molar-refractivity contribution in [3.05, 3.63) is 64.9 Å². The van der Waals surface area contributed by atoms with Crippen molar-refractivity contribution in [2.24, 2.45) is 5.92 Å². The van der Waals surface area contributed by atoms with E-state index in [2.05, 4.69) is 4.98 Å². The van der Waals surface area contributed by atoms with Crippen LogP contribution in [0.15, 0.2) is 52.9 Å². The number of para-hydroxylation sites is 1. The second-order valence-corrected chi connectivity index (χ2v) is 8.16. The molecule has 32 heavy (non-hydrogen) atoms. The van der Waals surface area contributed by atoms with E-state index in [9.17, 15) is 9.59 Å². The van der Waals surface area contributed by atoms with Crippen molar-refractivity contribution in [1.29, 1.82) is 0 Å². The lowest BCUT2D eigenvalue weighted by Crippen LogP contribution is -2.28. The Hall–Kier alpha value is -3.32. The summed E-state index contributed by atoms with van der Waals surface area (Å²) >= 11 is 6.30. The van der Waals surface area contributed by atoms with Crippen LogP contribution < -0.4 is 9.64 Å². The summed E-state index contributed by atoms with van der Waals surface area (Å²) < 4.78 is 11.6. The van der Waals surface area contributed by atoms with E-state index in [1.54, 1.807) is 50.4 Å². The molecule has 1 unspecified atom stereocenters. The third-order valence-electron chi connectivity index (χ3n) is 4.91. The van der Waals surface area contributed by atoms with Crippen LogP contribution in [0.5, 0.6) is 5.75 Å².